The van der Waals surface area contributed by atoms with Gasteiger partial charge in [-0.05, 0) is 25.5 Å². The van der Waals surface area contributed by atoms with Crippen molar-refractivity contribution in [3.05, 3.63) is 23.3 Å². The minimum atomic E-state index is 0.536. The maximum Gasteiger partial charge on any atom is 0.129 e. The molecule has 0 aliphatic carbocycles. The van der Waals surface area contributed by atoms with Gasteiger partial charge in [0.15, 0.2) is 0 Å². The van der Waals surface area contributed by atoms with Gasteiger partial charge in [-0.25, -0.2) is 0 Å². The third-order valence-electron chi connectivity index (χ3n) is 2.79. The van der Waals surface area contributed by atoms with E-state index < -0.39 is 0 Å². The Hall–Kier alpha value is -1.71. The third-order valence-corrected chi connectivity index (χ3v) is 2.79. The number of rotatable bonds is 4. The molecule has 17 heavy (non-hydrogen) atoms. The van der Waals surface area contributed by atoms with E-state index >= 15 is 0 Å². The first-order chi connectivity index (χ1) is 8.26. The smallest absolute Gasteiger partial charge is 0.129 e. The van der Waals surface area contributed by atoms with Crippen molar-refractivity contribution < 1.29 is 14.7 Å². The van der Waals surface area contributed by atoms with Crippen molar-refractivity contribution >= 4 is 5.71 Å². The summed E-state index contributed by atoms with van der Waals surface area (Å²) in [4.78, 5) is 0. The average Bonchev–Trinajstić information content (AvgIpc) is 2.81. The molecule has 0 unspecified atom stereocenters. The van der Waals surface area contributed by atoms with Crippen molar-refractivity contribution in [3.8, 4) is 11.5 Å². The molecule has 0 amide bonds. The normalized spacial score (nSPS) is 14.4. The molecule has 0 bridgehead atoms. The van der Waals surface area contributed by atoms with Crippen LogP contribution in [0.2, 0.25) is 0 Å². The van der Waals surface area contributed by atoms with E-state index in [-0.39, 0.29) is 0 Å². The second-order valence-electron chi connectivity index (χ2n) is 4.09. The summed E-state index contributed by atoms with van der Waals surface area (Å²) in [5.41, 5.74) is 2.49. The van der Waals surface area contributed by atoms with Crippen molar-refractivity contribution in [3.63, 3.8) is 0 Å². The maximum atomic E-state index is 8.88. The van der Waals surface area contributed by atoms with Gasteiger partial charge in [-0.2, -0.15) is 0 Å². The fourth-order valence-electron chi connectivity index (χ4n) is 1.87. The molecule has 1 aromatic rings. The van der Waals surface area contributed by atoms with Crippen LogP contribution >= 0.6 is 0 Å². The van der Waals surface area contributed by atoms with Crippen LogP contribution in [0.3, 0.4) is 0 Å². The summed E-state index contributed by atoms with van der Waals surface area (Å²) >= 11 is 0. The molecule has 0 saturated heterocycles. The summed E-state index contributed by atoms with van der Waals surface area (Å²) in [5, 5.41) is 12.1. The van der Waals surface area contributed by atoms with Crippen LogP contribution in [-0.4, -0.2) is 24.1 Å². The molecule has 1 heterocycles. The minimum Gasteiger partial charge on any atom is -0.493 e. The third kappa shape index (κ3) is 2.35. The molecule has 2 rings (SSSR count). The Bertz CT molecular complexity index is 441. The molecule has 0 radical (unpaired) electrons. The lowest BCUT2D eigenvalue weighted by Crippen LogP contribution is -2.03. The molecule has 0 atom stereocenters. The second kappa shape index (κ2) is 5.08. The topological polar surface area (TPSA) is 51.0 Å². The highest BCUT2D eigenvalue weighted by Crippen LogP contribution is 2.33. The number of fused-ring (bicyclic) bond motifs is 1. The van der Waals surface area contributed by atoms with Crippen LogP contribution in [0.1, 0.15) is 31.4 Å². The molecular formula is C13H17NO3. The predicted octanol–water partition coefficient (Wildman–Crippen LogP) is 2.61. The van der Waals surface area contributed by atoms with Gasteiger partial charge in [0, 0.05) is 17.5 Å². The number of benzene rings is 1. The lowest BCUT2D eigenvalue weighted by molar-refractivity contribution is 0.311. The van der Waals surface area contributed by atoms with Crippen LogP contribution in [-0.2, 0) is 6.42 Å². The van der Waals surface area contributed by atoms with Crippen molar-refractivity contribution in [2.75, 3.05) is 13.2 Å². The first-order valence-electron chi connectivity index (χ1n) is 5.87. The summed E-state index contributed by atoms with van der Waals surface area (Å²) in [6, 6.07) is 3.88. The van der Waals surface area contributed by atoms with Crippen LogP contribution < -0.4 is 9.47 Å². The van der Waals surface area contributed by atoms with Gasteiger partial charge in [0.25, 0.3) is 0 Å². The molecule has 1 aliphatic heterocycles. The number of ether oxygens (including phenoxy) is 2. The van der Waals surface area contributed by atoms with Crippen molar-refractivity contribution in [1.29, 1.82) is 0 Å². The fourth-order valence-corrected chi connectivity index (χ4v) is 1.87. The number of hydrogen-bond acceptors (Lipinski definition) is 4. The lowest BCUT2D eigenvalue weighted by atomic mass is 10.1. The van der Waals surface area contributed by atoms with Crippen LogP contribution in [0.25, 0.3) is 0 Å². The van der Waals surface area contributed by atoms with E-state index in [9.17, 15) is 0 Å². The highest BCUT2D eigenvalue weighted by atomic mass is 16.5. The zero-order chi connectivity index (χ0) is 12.3. The summed E-state index contributed by atoms with van der Waals surface area (Å²) in [6.45, 7) is 5.17. The van der Waals surface area contributed by atoms with Crippen molar-refractivity contribution in [1.82, 2.24) is 0 Å². The lowest BCUT2D eigenvalue weighted by Gasteiger charge is -2.12. The molecule has 92 valence electrons. The Kier molecular flexibility index (Phi) is 3.52. The first-order valence-corrected chi connectivity index (χ1v) is 5.87. The molecule has 0 spiro atoms. The maximum absolute atomic E-state index is 8.88. The molecule has 4 nitrogen and oxygen atoms in total. The highest BCUT2D eigenvalue weighted by molar-refractivity contribution is 6.01. The molecule has 0 saturated carbocycles. The Labute approximate surface area is 101 Å². The van der Waals surface area contributed by atoms with Gasteiger partial charge >= 0.3 is 0 Å². The van der Waals surface area contributed by atoms with Gasteiger partial charge < -0.3 is 14.7 Å². The molecule has 1 N–H and O–H groups in total. The number of nitrogens with zero attached hydrogens (tertiary/aromatic N) is 1. The average molecular weight is 235 g/mol. The van der Waals surface area contributed by atoms with Gasteiger partial charge in [-0.1, -0.05) is 12.1 Å². The quantitative estimate of drug-likeness (QED) is 0.496. The molecule has 4 heteroatoms. The summed E-state index contributed by atoms with van der Waals surface area (Å²) in [6.07, 6.45) is 1.86. The van der Waals surface area contributed by atoms with Gasteiger partial charge in [-0.3, -0.25) is 0 Å². The Morgan fingerprint density at radius 3 is 3.06 bits per heavy atom. The summed E-state index contributed by atoms with van der Waals surface area (Å²) in [5.74, 6) is 1.64. The highest BCUT2D eigenvalue weighted by Gasteiger charge is 2.18. The van der Waals surface area contributed by atoms with Crippen LogP contribution in [0, 0.1) is 0 Å². The zero-order valence-corrected chi connectivity index (χ0v) is 10.2. The fraction of sp³-hybridized carbons (Fsp3) is 0.462. The Morgan fingerprint density at radius 2 is 2.35 bits per heavy atom. The largest absolute Gasteiger partial charge is 0.493 e. The van der Waals surface area contributed by atoms with Gasteiger partial charge in [0.1, 0.15) is 11.5 Å². The van der Waals surface area contributed by atoms with Crippen molar-refractivity contribution in [2.24, 2.45) is 5.16 Å². The molecule has 0 fully saturated rings. The molecule has 1 aromatic carbocycles. The zero-order valence-electron chi connectivity index (χ0n) is 10.2. The molecule has 1 aliphatic rings. The second-order valence-corrected chi connectivity index (χ2v) is 4.09. The summed E-state index contributed by atoms with van der Waals surface area (Å²) in [7, 11) is 0. The van der Waals surface area contributed by atoms with Gasteiger partial charge in [0.2, 0.25) is 0 Å². The van der Waals surface area contributed by atoms with Gasteiger partial charge in [-0.15, -0.1) is 0 Å². The van der Waals surface area contributed by atoms with Crippen LogP contribution in [0.15, 0.2) is 17.3 Å². The predicted molar refractivity (Wildman–Crippen MR) is 65.4 cm³/mol. The van der Waals surface area contributed by atoms with E-state index in [0.29, 0.717) is 18.9 Å². The molecular weight excluding hydrogens is 218 g/mol. The van der Waals surface area contributed by atoms with Crippen LogP contribution in [0.4, 0.5) is 0 Å². The SMILES string of the molecule is CCCOc1cc2c(cc1/C(C)=N/O)OCC2. The molecule has 0 aromatic heterocycles. The number of hydrogen-bond donors (Lipinski definition) is 1. The van der Waals surface area contributed by atoms with E-state index in [1.807, 2.05) is 12.1 Å². The van der Waals surface area contributed by atoms with E-state index in [1.165, 1.54) is 0 Å². The first kappa shape index (κ1) is 11.8. The Morgan fingerprint density at radius 1 is 1.53 bits per heavy atom. The number of oxime groups is 1. The Balaban J connectivity index is 2.39. The monoisotopic (exact) mass is 235 g/mol. The van der Waals surface area contributed by atoms with Gasteiger partial charge in [0.05, 0.1) is 18.9 Å². The summed E-state index contributed by atoms with van der Waals surface area (Å²) < 4.78 is 11.2. The minimum absolute atomic E-state index is 0.536. The van der Waals surface area contributed by atoms with E-state index in [2.05, 4.69) is 12.1 Å². The van der Waals surface area contributed by atoms with E-state index in [1.54, 1.807) is 6.92 Å². The van der Waals surface area contributed by atoms with Crippen LogP contribution in [0.5, 0.6) is 11.5 Å². The van der Waals surface area contributed by atoms with E-state index in [4.69, 9.17) is 14.7 Å². The van der Waals surface area contributed by atoms with E-state index in [0.717, 1.165) is 35.5 Å². The standard InChI is InChI=1S/C13H17NO3/c1-3-5-16-13-7-10-4-6-17-12(10)8-11(13)9(2)14-15/h7-8,15H,3-6H2,1-2H3/b14-9+. The van der Waals surface area contributed by atoms with Crippen molar-refractivity contribution in [2.45, 2.75) is 26.7 Å².